The Morgan fingerprint density at radius 1 is 1.80 bits per heavy atom. The van der Waals surface area contributed by atoms with Crippen molar-refractivity contribution in [2.45, 2.75) is 12.8 Å². The number of carbonyl (C=O) groups is 1. The van der Waals surface area contributed by atoms with E-state index < -0.39 is 5.97 Å². The Balaban J connectivity index is 3.19. The topological polar surface area (TPSA) is 40.5 Å². The highest BCUT2D eigenvalue weighted by Crippen LogP contribution is 1.91. The van der Waals surface area contributed by atoms with Gasteiger partial charge in [-0.25, -0.2) is 0 Å². The van der Waals surface area contributed by atoms with E-state index in [1.54, 1.807) is 6.20 Å². The molecule has 1 N–H and O–H groups in total. The second kappa shape index (κ2) is 4.85. The van der Waals surface area contributed by atoms with Gasteiger partial charge in [0, 0.05) is 20.0 Å². The standard InChI is InChI=1S/C7H13NO2/c1-3-8(2)6-4-5-7(9)10/h3H,1,4-6H2,2H3,(H,9,10). The van der Waals surface area contributed by atoms with E-state index in [1.165, 1.54) is 0 Å². The highest BCUT2D eigenvalue weighted by atomic mass is 16.4. The van der Waals surface area contributed by atoms with Crippen LogP contribution in [0, 0.1) is 0 Å². The first kappa shape index (κ1) is 9.01. The minimum atomic E-state index is -0.738. The number of hydrogen-bond acceptors (Lipinski definition) is 2. The Bertz CT molecular complexity index is 123. The Morgan fingerprint density at radius 2 is 2.40 bits per heavy atom. The van der Waals surface area contributed by atoms with Crippen molar-refractivity contribution in [3.8, 4) is 0 Å². The van der Waals surface area contributed by atoms with Gasteiger partial charge < -0.3 is 10.0 Å². The average Bonchev–Trinajstić information content (AvgIpc) is 1.87. The molecule has 0 aromatic heterocycles. The van der Waals surface area contributed by atoms with Crippen LogP contribution < -0.4 is 0 Å². The molecule has 0 aromatic rings. The minimum Gasteiger partial charge on any atom is -0.481 e. The Hall–Kier alpha value is -0.990. The molecule has 3 nitrogen and oxygen atoms in total. The maximum Gasteiger partial charge on any atom is 0.303 e. The molecule has 0 saturated carbocycles. The number of carboxylic acids is 1. The number of nitrogens with zero attached hydrogens (tertiary/aromatic N) is 1. The van der Waals surface area contributed by atoms with Gasteiger partial charge in [0.2, 0.25) is 0 Å². The van der Waals surface area contributed by atoms with Crippen molar-refractivity contribution in [3.63, 3.8) is 0 Å². The second-order valence-electron chi connectivity index (χ2n) is 2.16. The smallest absolute Gasteiger partial charge is 0.303 e. The van der Waals surface area contributed by atoms with Crippen molar-refractivity contribution in [2.24, 2.45) is 0 Å². The molecule has 3 heteroatoms. The van der Waals surface area contributed by atoms with E-state index in [0.717, 1.165) is 6.54 Å². The summed E-state index contributed by atoms with van der Waals surface area (Å²) in [5.41, 5.74) is 0. The van der Waals surface area contributed by atoms with Crippen LogP contribution in [0.25, 0.3) is 0 Å². The van der Waals surface area contributed by atoms with E-state index in [0.29, 0.717) is 6.42 Å². The molecule has 0 aliphatic rings. The highest BCUT2D eigenvalue weighted by molar-refractivity contribution is 5.66. The van der Waals surface area contributed by atoms with Gasteiger partial charge in [0.05, 0.1) is 0 Å². The van der Waals surface area contributed by atoms with Gasteiger partial charge in [-0.2, -0.15) is 0 Å². The largest absolute Gasteiger partial charge is 0.481 e. The predicted molar refractivity (Wildman–Crippen MR) is 39.7 cm³/mol. The van der Waals surface area contributed by atoms with Crippen LogP contribution >= 0.6 is 0 Å². The molecule has 0 atom stereocenters. The molecule has 0 rings (SSSR count). The van der Waals surface area contributed by atoms with Crippen LogP contribution in [-0.2, 0) is 4.79 Å². The van der Waals surface area contributed by atoms with Gasteiger partial charge in [0.15, 0.2) is 0 Å². The molecule has 0 saturated heterocycles. The molecule has 0 bridgehead atoms. The molecule has 10 heavy (non-hydrogen) atoms. The molecule has 0 heterocycles. The monoisotopic (exact) mass is 143 g/mol. The van der Waals surface area contributed by atoms with E-state index in [1.807, 2.05) is 11.9 Å². The van der Waals surface area contributed by atoms with Gasteiger partial charge >= 0.3 is 5.97 Å². The highest BCUT2D eigenvalue weighted by Gasteiger charge is 1.96. The molecule has 0 spiro atoms. The fourth-order valence-electron chi connectivity index (χ4n) is 0.571. The van der Waals surface area contributed by atoms with Crippen molar-refractivity contribution in [1.29, 1.82) is 0 Å². The van der Waals surface area contributed by atoms with Crippen LogP contribution in [0.2, 0.25) is 0 Å². The van der Waals surface area contributed by atoms with Crippen molar-refractivity contribution in [3.05, 3.63) is 12.8 Å². The summed E-state index contributed by atoms with van der Waals surface area (Å²) >= 11 is 0. The molecule has 0 aromatic carbocycles. The quantitative estimate of drug-likeness (QED) is 0.622. The zero-order valence-corrected chi connectivity index (χ0v) is 6.21. The van der Waals surface area contributed by atoms with Crippen molar-refractivity contribution in [1.82, 2.24) is 4.90 Å². The van der Waals surface area contributed by atoms with Crippen LogP contribution in [0.1, 0.15) is 12.8 Å². The Labute approximate surface area is 61.0 Å². The van der Waals surface area contributed by atoms with Gasteiger partial charge in [-0.1, -0.05) is 6.58 Å². The molecule has 0 aliphatic heterocycles. The fraction of sp³-hybridized carbons (Fsp3) is 0.571. The summed E-state index contributed by atoms with van der Waals surface area (Å²) in [4.78, 5) is 11.9. The van der Waals surface area contributed by atoms with Gasteiger partial charge in [-0.3, -0.25) is 4.79 Å². The fourth-order valence-corrected chi connectivity index (χ4v) is 0.571. The molecule has 0 radical (unpaired) electrons. The summed E-state index contributed by atoms with van der Waals surface area (Å²) in [6, 6.07) is 0. The summed E-state index contributed by atoms with van der Waals surface area (Å²) in [7, 11) is 1.87. The van der Waals surface area contributed by atoms with Crippen LogP contribution in [-0.4, -0.2) is 29.6 Å². The summed E-state index contributed by atoms with van der Waals surface area (Å²) in [6.07, 6.45) is 2.60. The molecule has 0 unspecified atom stereocenters. The van der Waals surface area contributed by atoms with Crippen molar-refractivity contribution in [2.75, 3.05) is 13.6 Å². The third kappa shape index (κ3) is 5.15. The van der Waals surface area contributed by atoms with Crippen molar-refractivity contribution < 1.29 is 9.90 Å². The number of aliphatic carboxylic acids is 1. The predicted octanol–water partition coefficient (Wildman–Crippen LogP) is 0.926. The summed E-state index contributed by atoms with van der Waals surface area (Å²) in [5, 5.41) is 8.25. The molecule has 0 aliphatic carbocycles. The van der Waals surface area contributed by atoms with E-state index >= 15 is 0 Å². The SMILES string of the molecule is C=CN(C)CCCC(=O)O. The van der Waals surface area contributed by atoms with Gasteiger partial charge in [-0.05, 0) is 12.6 Å². The maximum absolute atomic E-state index is 10.0. The normalized spacial score (nSPS) is 8.90. The van der Waals surface area contributed by atoms with E-state index in [2.05, 4.69) is 6.58 Å². The van der Waals surface area contributed by atoms with Crippen LogP contribution in [0.5, 0.6) is 0 Å². The van der Waals surface area contributed by atoms with E-state index in [-0.39, 0.29) is 6.42 Å². The minimum absolute atomic E-state index is 0.234. The Morgan fingerprint density at radius 3 is 2.80 bits per heavy atom. The van der Waals surface area contributed by atoms with Crippen molar-refractivity contribution >= 4 is 5.97 Å². The lowest BCUT2D eigenvalue weighted by molar-refractivity contribution is -0.137. The van der Waals surface area contributed by atoms with Crippen LogP contribution in [0.3, 0.4) is 0 Å². The summed E-state index contributed by atoms with van der Waals surface area (Å²) in [6.45, 7) is 4.30. The lowest BCUT2D eigenvalue weighted by Gasteiger charge is -2.10. The molecule has 0 amide bonds. The number of hydrogen-bond donors (Lipinski definition) is 1. The molecular weight excluding hydrogens is 130 g/mol. The van der Waals surface area contributed by atoms with Crippen LogP contribution in [0.4, 0.5) is 0 Å². The zero-order valence-electron chi connectivity index (χ0n) is 6.21. The number of carboxylic acid groups (broad SMARTS) is 1. The zero-order chi connectivity index (χ0) is 7.98. The van der Waals surface area contributed by atoms with Gasteiger partial charge in [-0.15, -0.1) is 0 Å². The van der Waals surface area contributed by atoms with E-state index in [9.17, 15) is 4.79 Å². The first-order valence-corrected chi connectivity index (χ1v) is 3.21. The van der Waals surface area contributed by atoms with Gasteiger partial charge in [0.1, 0.15) is 0 Å². The first-order valence-electron chi connectivity index (χ1n) is 3.21. The maximum atomic E-state index is 10.0. The lowest BCUT2D eigenvalue weighted by Crippen LogP contribution is -2.12. The lowest BCUT2D eigenvalue weighted by atomic mass is 10.3. The van der Waals surface area contributed by atoms with Gasteiger partial charge in [0.25, 0.3) is 0 Å². The molecule has 0 fully saturated rings. The third-order valence-electron chi connectivity index (χ3n) is 1.21. The first-order chi connectivity index (χ1) is 4.66. The Kier molecular flexibility index (Phi) is 4.37. The molecular formula is C7H13NO2. The average molecular weight is 143 g/mol. The third-order valence-corrected chi connectivity index (χ3v) is 1.21. The summed E-state index contributed by atoms with van der Waals surface area (Å²) < 4.78 is 0. The second-order valence-corrected chi connectivity index (χ2v) is 2.16. The number of rotatable bonds is 5. The van der Waals surface area contributed by atoms with E-state index in [4.69, 9.17) is 5.11 Å². The van der Waals surface area contributed by atoms with Crippen LogP contribution in [0.15, 0.2) is 12.8 Å². The summed E-state index contributed by atoms with van der Waals surface area (Å²) in [5.74, 6) is -0.738. The molecule has 58 valence electrons.